The normalized spacial score (nSPS) is 12.2. The number of nitrogens with one attached hydrogen (secondary N) is 1. The van der Waals surface area contributed by atoms with Crippen molar-refractivity contribution in [2.75, 3.05) is 11.9 Å². The van der Waals surface area contributed by atoms with Crippen LogP contribution in [0.25, 0.3) is 0 Å². The van der Waals surface area contributed by atoms with Crippen LogP contribution in [0.2, 0.25) is 5.02 Å². The van der Waals surface area contributed by atoms with Gasteiger partial charge in [-0.3, -0.25) is 0 Å². The Hall–Kier alpha value is -1.72. The van der Waals surface area contributed by atoms with Gasteiger partial charge in [0.1, 0.15) is 17.5 Å². The van der Waals surface area contributed by atoms with E-state index in [1.54, 1.807) is 0 Å². The Morgan fingerprint density at radius 3 is 2.35 bits per heavy atom. The van der Waals surface area contributed by atoms with E-state index in [0.717, 1.165) is 12.1 Å². The summed E-state index contributed by atoms with van der Waals surface area (Å²) < 4.78 is 39.8. The number of halogens is 4. The maximum absolute atomic E-state index is 13.7. The molecule has 3 N–H and O–H groups in total. The predicted octanol–water partition coefficient (Wildman–Crippen LogP) is 3.87. The van der Waals surface area contributed by atoms with Crippen molar-refractivity contribution in [3.63, 3.8) is 0 Å². The summed E-state index contributed by atoms with van der Waals surface area (Å²) in [6.07, 6.45) is 0. The summed E-state index contributed by atoms with van der Waals surface area (Å²) in [5.41, 5.74) is 6.07. The van der Waals surface area contributed by atoms with Crippen molar-refractivity contribution in [2.45, 2.75) is 6.04 Å². The molecule has 2 aromatic rings. The molecule has 0 aromatic heterocycles. The van der Waals surface area contributed by atoms with E-state index >= 15 is 0 Å². The topological polar surface area (TPSA) is 38.0 Å². The van der Waals surface area contributed by atoms with Crippen LogP contribution in [-0.2, 0) is 0 Å². The Morgan fingerprint density at radius 1 is 1.05 bits per heavy atom. The highest BCUT2D eigenvalue weighted by Gasteiger charge is 2.16. The number of hydrogen-bond donors (Lipinski definition) is 2. The first-order valence-corrected chi connectivity index (χ1v) is 6.25. The Kier molecular flexibility index (Phi) is 4.52. The van der Waals surface area contributed by atoms with Crippen molar-refractivity contribution >= 4 is 17.3 Å². The molecule has 0 amide bonds. The smallest absolute Gasteiger partial charge is 0.131 e. The molecule has 0 aliphatic carbocycles. The van der Waals surface area contributed by atoms with Gasteiger partial charge in [0, 0.05) is 18.2 Å². The second-order valence-electron chi connectivity index (χ2n) is 4.22. The molecule has 2 rings (SSSR count). The quantitative estimate of drug-likeness (QED) is 0.899. The molecule has 6 heteroatoms. The minimum Gasteiger partial charge on any atom is -0.376 e. The summed E-state index contributed by atoms with van der Waals surface area (Å²) in [5, 5.41) is 3.14. The van der Waals surface area contributed by atoms with Crippen molar-refractivity contribution < 1.29 is 13.2 Å². The van der Waals surface area contributed by atoms with E-state index in [9.17, 15) is 13.2 Å². The van der Waals surface area contributed by atoms with Crippen LogP contribution in [0.15, 0.2) is 36.4 Å². The Labute approximate surface area is 119 Å². The second kappa shape index (κ2) is 6.15. The molecule has 2 aromatic carbocycles. The minimum absolute atomic E-state index is 0.0371. The molecule has 0 saturated carbocycles. The summed E-state index contributed by atoms with van der Waals surface area (Å²) in [7, 11) is 0. The van der Waals surface area contributed by atoms with E-state index in [4.69, 9.17) is 17.3 Å². The summed E-state index contributed by atoms with van der Waals surface area (Å²) in [6, 6.07) is 6.34. The third-order valence-corrected chi connectivity index (χ3v) is 3.16. The lowest BCUT2D eigenvalue weighted by Crippen LogP contribution is -2.22. The van der Waals surface area contributed by atoms with Crippen molar-refractivity contribution in [2.24, 2.45) is 5.73 Å². The number of nitrogens with two attached hydrogens (primary N) is 1. The summed E-state index contributed by atoms with van der Waals surface area (Å²) in [6.45, 7) is 0.0371. The van der Waals surface area contributed by atoms with Gasteiger partial charge in [0.25, 0.3) is 0 Å². The molecule has 2 nitrogen and oxygen atoms in total. The maximum Gasteiger partial charge on any atom is 0.131 e. The first-order chi connectivity index (χ1) is 9.51. The van der Waals surface area contributed by atoms with E-state index in [1.807, 2.05) is 0 Å². The van der Waals surface area contributed by atoms with E-state index in [0.29, 0.717) is 5.69 Å². The Balaban J connectivity index is 2.31. The minimum atomic E-state index is -0.722. The van der Waals surface area contributed by atoms with E-state index in [-0.39, 0.29) is 17.1 Å². The molecule has 20 heavy (non-hydrogen) atoms. The maximum atomic E-state index is 13.7. The fraction of sp³-hybridized carbons (Fsp3) is 0.143. The summed E-state index contributed by atoms with van der Waals surface area (Å²) in [5.74, 6) is -1.88. The standard InChI is InChI=1S/C14H12ClF3N2/c15-11-4-2-9(17)6-13(11)20-14(7-19)10-3-1-8(16)5-12(10)18/h1-6,14,20H,7,19H2. The zero-order valence-corrected chi connectivity index (χ0v) is 11.1. The highest BCUT2D eigenvalue weighted by Crippen LogP contribution is 2.28. The van der Waals surface area contributed by atoms with Gasteiger partial charge in [0.05, 0.1) is 16.8 Å². The molecule has 1 unspecified atom stereocenters. The third-order valence-electron chi connectivity index (χ3n) is 2.83. The van der Waals surface area contributed by atoms with Crippen LogP contribution in [0.1, 0.15) is 11.6 Å². The molecule has 0 fully saturated rings. The van der Waals surface area contributed by atoms with Crippen LogP contribution in [-0.4, -0.2) is 6.54 Å². The fourth-order valence-electron chi connectivity index (χ4n) is 1.84. The van der Waals surface area contributed by atoms with E-state index < -0.39 is 23.5 Å². The van der Waals surface area contributed by atoms with Gasteiger partial charge in [0.15, 0.2) is 0 Å². The second-order valence-corrected chi connectivity index (χ2v) is 4.63. The molecule has 0 saturated heterocycles. The largest absolute Gasteiger partial charge is 0.376 e. The molecule has 0 spiro atoms. The molecule has 0 radical (unpaired) electrons. The Bertz CT molecular complexity index is 619. The molecule has 0 bridgehead atoms. The lowest BCUT2D eigenvalue weighted by molar-refractivity contribution is 0.562. The molecular weight excluding hydrogens is 289 g/mol. The van der Waals surface area contributed by atoms with Gasteiger partial charge in [-0.1, -0.05) is 17.7 Å². The van der Waals surface area contributed by atoms with Crippen LogP contribution in [0, 0.1) is 17.5 Å². The lowest BCUT2D eigenvalue weighted by Gasteiger charge is -2.20. The van der Waals surface area contributed by atoms with Gasteiger partial charge in [-0.25, -0.2) is 13.2 Å². The summed E-state index contributed by atoms with van der Waals surface area (Å²) in [4.78, 5) is 0. The highest BCUT2D eigenvalue weighted by atomic mass is 35.5. The van der Waals surface area contributed by atoms with Crippen LogP contribution in [0.5, 0.6) is 0 Å². The molecule has 0 heterocycles. The monoisotopic (exact) mass is 300 g/mol. The van der Waals surface area contributed by atoms with Crippen molar-refractivity contribution in [1.82, 2.24) is 0 Å². The lowest BCUT2D eigenvalue weighted by atomic mass is 10.1. The van der Waals surface area contributed by atoms with E-state index in [1.165, 1.54) is 24.3 Å². The molecule has 0 aliphatic rings. The number of anilines is 1. The zero-order valence-electron chi connectivity index (χ0n) is 10.3. The van der Waals surface area contributed by atoms with Gasteiger partial charge in [-0.05, 0) is 24.3 Å². The summed E-state index contributed by atoms with van der Waals surface area (Å²) >= 11 is 5.93. The van der Waals surface area contributed by atoms with Gasteiger partial charge in [0.2, 0.25) is 0 Å². The molecule has 106 valence electrons. The SMILES string of the molecule is NCC(Nc1cc(F)ccc1Cl)c1ccc(F)cc1F. The number of hydrogen-bond acceptors (Lipinski definition) is 2. The molecule has 1 atom stereocenters. The first kappa shape index (κ1) is 14.7. The first-order valence-electron chi connectivity index (χ1n) is 5.88. The van der Waals surface area contributed by atoms with Crippen LogP contribution in [0.4, 0.5) is 18.9 Å². The molecule has 0 aliphatic heterocycles. The van der Waals surface area contributed by atoms with Crippen molar-refractivity contribution in [3.8, 4) is 0 Å². The average Bonchev–Trinajstić information content (AvgIpc) is 2.40. The van der Waals surface area contributed by atoms with Gasteiger partial charge in [-0.15, -0.1) is 0 Å². The van der Waals surface area contributed by atoms with Gasteiger partial charge < -0.3 is 11.1 Å². The van der Waals surface area contributed by atoms with Crippen LogP contribution in [0.3, 0.4) is 0 Å². The average molecular weight is 301 g/mol. The highest BCUT2D eigenvalue weighted by molar-refractivity contribution is 6.33. The van der Waals surface area contributed by atoms with Gasteiger partial charge >= 0.3 is 0 Å². The van der Waals surface area contributed by atoms with Crippen molar-refractivity contribution in [1.29, 1.82) is 0 Å². The number of rotatable bonds is 4. The predicted molar refractivity (Wildman–Crippen MR) is 73.2 cm³/mol. The molecular formula is C14H12ClF3N2. The number of benzene rings is 2. The Morgan fingerprint density at radius 2 is 1.70 bits per heavy atom. The third kappa shape index (κ3) is 3.23. The van der Waals surface area contributed by atoms with Gasteiger partial charge in [-0.2, -0.15) is 0 Å². The van der Waals surface area contributed by atoms with Crippen LogP contribution >= 0.6 is 11.6 Å². The van der Waals surface area contributed by atoms with Crippen molar-refractivity contribution in [3.05, 3.63) is 64.4 Å². The van der Waals surface area contributed by atoms with Crippen LogP contribution < -0.4 is 11.1 Å². The zero-order chi connectivity index (χ0) is 14.7. The fourth-order valence-corrected chi connectivity index (χ4v) is 2.02. The van der Waals surface area contributed by atoms with E-state index in [2.05, 4.69) is 5.32 Å².